The molecule has 138 valence electrons. The molecule has 1 saturated heterocycles. The molecule has 1 unspecified atom stereocenters. The van der Waals surface area contributed by atoms with E-state index in [2.05, 4.69) is 15.3 Å². The first kappa shape index (κ1) is 20.0. The number of alkyl halides is 3. The maximum absolute atomic E-state index is 12.4. The third kappa shape index (κ3) is 5.34. The third-order valence-corrected chi connectivity index (χ3v) is 4.38. The highest BCUT2D eigenvalue weighted by Gasteiger charge is 2.29. The Bertz CT molecular complexity index is 690. The lowest BCUT2D eigenvalue weighted by Crippen LogP contribution is -2.45. The zero-order valence-corrected chi connectivity index (χ0v) is 14.9. The predicted octanol–water partition coefficient (Wildman–Crippen LogP) is 3.67. The first-order chi connectivity index (χ1) is 11.4. The first-order valence-corrected chi connectivity index (χ1v) is 8.07. The van der Waals surface area contributed by atoms with Gasteiger partial charge >= 0.3 is 6.18 Å². The van der Waals surface area contributed by atoms with E-state index in [1.807, 2.05) is 24.3 Å². The third-order valence-electron chi connectivity index (χ3n) is 4.03. The fourth-order valence-electron chi connectivity index (χ4n) is 2.98. The Morgan fingerprint density at radius 3 is 2.76 bits per heavy atom. The molecule has 0 spiro atoms. The second-order valence-electron chi connectivity index (χ2n) is 5.87. The van der Waals surface area contributed by atoms with E-state index in [-0.39, 0.29) is 18.4 Å². The van der Waals surface area contributed by atoms with Crippen LogP contribution in [0.5, 0.6) is 0 Å². The Morgan fingerprint density at radius 2 is 2.04 bits per heavy atom. The van der Waals surface area contributed by atoms with Crippen LogP contribution < -0.4 is 5.32 Å². The summed E-state index contributed by atoms with van der Waals surface area (Å²) in [5.41, 5.74) is 1.78. The van der Waals surface area contributed by atoms with Gasteiger partial charge < -0.3 is 5.32 Å². The fourth-order valence-corrected chi connectivity index (χ4v) is 3.24. The van der Waals surface area contributed by atoms with E-state index in [0.717, 1.165) is 35.4 Å². The van der Waals surface area contributed by atoms with Crippen molar-refractivity contribution in [3.05, 3.63) is 52.8 Å². The molecule has 0 saturated carbocycles. The number of nitrogens with zero attached hydrogens (tertiary/aromatic N) is 3. The molecule has 1 aliphatic rings. The number of benzene rings is 1. The van der Waals surface area contributed by atoms with Crippen LogP contribution >= 0.6 is 24.0 Å². The minimum atomic E-state index is -4.27. The molecule has 3 rings (SSSR count). The molecule has 25 heavy (non-hydrogen) atoms. The summed E-state index contributed by atoms with van der Waals surface area (Å²) in [4.78, 5) is 2.21. The molecule has 0 amide bonds. The average molecular weight is 395 g/mol. The second kappa shape index (κ2) is 8.40. The Balaban J connectivity index is 0.00000225. The fraction of sp³-hybridized carbons (Fsp3) is 0.438. The van der Waals surface area contributed by atoms with Gasteiger partial charge in [-0.1, -0.05) is 29.8 Å². The Labute approximate surface area is 155 Å². The van der Waals surface area contributed by atoms with E-state index in [1.165, 1.54) is 12.4 Å². The van der Waals surface area contributed by atoms with Crippen LogP contribution in [0, 0.1) is 0 Å². The van der Waals surface area contributed by atoms with Gasteiger partial charge in [0.05, 0.1) is 6.20 Å². The molecule has 0 bridgehead atoms. The molecule has 9 heteroatoms. The van der Waals surface area contributed by atoms with Crippen LogP contribution in [-0.2, 0) is 13.1 Å². The quantitative estimate of drug-likeness (QED) is 0.858. The zero-order chi connectivity index (χ0) is 17.2. The van der Waals surface area contributed by atoms with E-state index in [9.17, 15) is 13.2 Å². The highest BCUT2D eigenvalue weighted by Crippen LogP contribution is 2.29. The van der Waals surface area contributed by atoms with E-state index < -0.39 is 12.7 Å². The van der Waals surface area contributed by atoms with Crippen molar-refractivity contribution < 1.29 is 13.2 Å². The summed E-state index contributed by atoms with van der Waals surface area (Å²) in [6, 6.07) is 7.74. The summed E-state index contributed by atoms with van der Waals surface area (Å²) in [5, 5.41) is 7.85. The van der Waals surface area contributed by atoms with Gasteiger partial charge in [0.2, 0.25) is 0 Å². The maximum atomic E-state index is 12.4. The molecular formula is C16H19Cl2F3N4. The SMILES string of the molecule is Cl.FC(F)(F)Cn1cc(CN2CCNCC2c2ccccc2Cl)cn1. The van der Waals surface area contributed by atoms with Gasteiger partial charge in [-0.2, -0.15) is 18.3 Å². The number of hydrogen-bond donors (Lipinski definition) is 1. The van der Waals surface area contributed by atoms with Gasteiger partial charge in [-0.3, -0.25) is 9.58 Å². The van der Waals surface area contributed by atoms with Gasteiger partial charge in [-0.15, -0.1) is 12.4 Å². The van der Waals surface area contributed by atoms with Crippen molar-refractivity contribution in [1.29, 1.82) is 0 Å². The second-order valence-corrected chi connectivity index (χ2v) is 6.28. The summed E-state index contributed by atoms with van der Waals surface area (Å²) in [6.45, 7) is 1.84. The predicted molar refractivity (Wildman–Crippen MR) is 93.0 cm³/mol. The largest absolute Gasteiger partial charge is 0.408 e. The van der Waals surface area contributed by atoms with Gasteiger partial charge in [0, 0.05) is 49.0 Å². The van der Waals surface area contributed by atoms with Crippen LogP contribution in [0.4, 0.5) is 13.2 Å². The zero-order valence-electron chi connectivity index (χ0n) is 13.3. The van der Waals surface area contributed by atoms with Gasteiger partial charge in [0.15, 0.2) is 0 Å². The van der Waals surface area contributed by atoms with E-state index >= 15 is 0 Å². The van der Waals surface area contributed by atoms with E-state index in [4.69, 9.17) is 11.6 Å². The van der Waals surface area contributed by atoms with Gasteiger partial charge in [0.25, 0.3) is 0 Å². The summed E-state index contributed by atoms with van der Waals surface area (Å²) < 4.78 is 38.3. The van der Waals surface area contributed by atoms with Crippen molar-refractivity contribution in [3.8, 4) is 0 Å². The van der Waals surface area contributed by atoms with Gasteiger partial charge in [-0.25, -0.2) is 0 Å². The lowest BCUT2D eigenvalue weighted by atomic mass is 10.0. The maximum Gasteiger partial charge on any atom is 0.408 e. The lowest BCUT2D eigenvalue weighted by molar-refractivity contribution is -0.142. The minimum absolute atomic E-state index is 0. The van der Waals surface area contributed by atoms with Crippen LogP contribution in [0.1, 0.15) is 17.2 Å². The van der Waals surface area contributed by atoms with E-state index in [0.29, 0.717) is 11.6 Å². The molecule has 1 aliphatic heterocycles. The number of piperazine rings is 1. The van der Waals surface area contributed by atoms with Crippen LogP contribution in [-0.4, -0.2) is 40.5 Å². The molecule has 2 aromatic rings. The summed E-state index contributed by atoms with van der Waals surface area (Å²) in [5.74, 6) is 0. The number of aromatic nitrogens is 2. The summed E-state index contributed by atoms with van der Waals surface area (Å²) in [7, 11) is 0. The summed E-state index contributed by atoms with van der Waals surface area (Å²) >= 11 is 6.31. The van der Waals surface area contributed by atoms with Crippen LogP contribution in [0.2, 0.25) is 5.02 Å². The van der Waals surface area contributed by atoms with Crippen molar-refractivity contribution >= 4 is 24.0 Å². The van der Waals surface area contributed by atoms with Crippen LogP contribution in [0.3, 0.4) is 0 Å². The molecule has 0 radical (unpaired) electrons. The molecule has 1 aromatic carbocycles. The molecule has 0 aliphatic carbocycles. The first-order valence-electron chi connectivity index (χ1n) is 7.70. The highest BCUT2D eigenvalue weighted by molar-refractivity contribution is 6.31. The average Bonchev–Trinajstić information content (AvgIpc) is 2.93. The summed E-state index contributed by atoms with van der Waals surface area (Å²) in [6.07, 6.45) is -1.31. The molecule has 1 aromatic heterocycles. The molecule has 1 N–H and O–H groups in total. The molecular weight excluding hydrogens is 376 g/mol. The number of hydrogen-bond acceptors (Lipinski definition) is 3. The monoisotopic (exact) mass is 394 g/mol. The lowest BCUT2D eigenvalue weighted by Gasteiger charge is -2.36. The number of halogens is 5. The standard InChI is InChI=1S/C16H18ClF3N4.ClH/c17-14-4-2-1-3-13(14)15-8-21-5-6-23(15)9-12-7-22-24(10-12)11-16(18,19)20;/h1-4,7,10,15,21H,5-6,8-9,11H2;1H. The number of rotatable bonds is 4. The smallest absolute Gasteiger partial charge is 0.314 e. The normalized spacial score (nSPS) is 18.8. The van der Waals surface area contributed by atoms with E-state index in [1.54, 1.807) is 0 Å². The van der Waals surface area contributed by atoms with Gasteiger partial charge in [-0.05, 0) is 11.6 Å². The van der Waals surface area contributed by atoms with Crippen molar-refractivity contribution in [2.45, 2.75) is 25.3 Å². The highest BCUT2D eigenvalue weighted by atomic mass is 35.5. The van der Waals surface area contributed by atoms with Crippen molar-refractivity contribution in [3.63, 3.8) is 0 Å². The van der Waals surface area contributed by atoms with Gasteiger partial charge in [0.1, 0.15) is 6.54 Å². The molecule has 1 fully saturated rings. The number of nitrogens with one attached hydrogen (secondary N) is 1. The van der Waals surface area contributed by atoms with Crippen molar-refractivity contribution in [2.24, 2.45) is 0 Å². The Hall–Kier alpha value is -1.28. The molecule has 4 nitrogen and oxygen atoms in total. The molecule has 2 heterocycles. The minimum Gasteiger partial charge on any atom is -0.314 e. The van der Waals surface area contributed by atoms with Crippen LogP contribution in [0.15, 0.2) is 36.7 Å². The topological polar surface area (TPSA) is 33.1 Å². The van der Waals surface area contributed by atoms with Crippen molar-refractivity contribution in [2.75, 3.05) is 19.6 Å². The Kier molecular flexibility index (Phi) is 6.73. The molecule has 1 atom stereocenters. The van der Waals surface area contributed by atoms with Crippen molar-refractivity contribution in [1.82, 2.24) is 20.0 Å². The van der Waals surface area contributed by atoms with Crippen LogP contribution in [0.25, 0.3) is 0 Å². The Morgan fingerprint density at radius 1 is 1.28 bits per heavy atom.